The molecule has 2 fully saturated rings. The molecule has 0 aliphatic carbocycles. The number of ether oxygens (including phenoxy) is 1. The van der Waals surface area contributed by atoms with E-state index in [0.29, 0.717) is 24.2 Å². The standard InChI is InChI=1S/C22H34N2O2.ClH/c1-18(20-9-12-23-13-10-20)16-22(25)24-14-11-21(17-24)26-15-5-8-19-6-3-2-4-7-19;/h2-4,6-7,18,20-21,23H,5,8-17H2,1H3;1H. The molecule has 0 saturated carbocycles. The van der Waals surface area contributed by atoms with Crippen LogP contribution in [0.1, 0.15) is 44.6 Å². The van der Waals surface area contributed by atoms with Gasteiger partial charge in [0.1, 0.15) is 0 Å². The van der Waals surface area contributed by atoms with Gasteiger partial charge in [-0.15, -0.1) is 12.4 Å². The summed E-state index contributed by atoms with van der Waals surface area (Å²) < 4.78 is 6.02. The molecule has 2 unspecified atom stereocenters. The molecule has 5 heteroatoms. The molecule has 1 N–H and O–H groups in total. The van der Waals surface area contributed by atoms with Gasteiger partial charge in [-0.05, 0) is 62.6 Å². The number of piperidine rings is 1. The molecule has 2 saturated heterocycles. The van der Waals surface area contributed by atoms with Gasteiger partial charge in [-0.2, -0.15) is 0 Å². The molecule has 2 aliphatic rings. The number of hydrogen-bond donors (Lipinski definition) is 1. The first-order chi connectivity index (χ1) is 12.7. The molecule has 0 radical (unpaired) electrons. The van der Waals surface area contributed by atoms with Crippen LogP contribution in [-0.2, 0) is 16.0 Å². The lowest BCUT2D eigenvalue weighted by Gasteiger charge is -2.29. The van der Waals surface area contributed by atoms with E-state index in [-0.39, 0.29) is 18.5 Å². The second-order valence-corrected chi connectivity index (χ2v) is 7.98. The molecule has 0 spiro atoms. The van der Waals surface area contributed by atoms with Crippen molar-refractivity contribution in [2.45, 2.75) is 51.6 Å². The summed E-state index contributed by atoms with van der Waals surface area (Å²) in [6.07, 6.45) is 6.43. The number of nitrogens with one attached hydrogen (secondary N) is 1. The maximum Gasteiger partial charge on any atom is 0.222 e. The van der Waals surface area contributed by atoms with E-state index in [4.69, 9.17) is 4.74 Å². The molecule has 1 aromatic rings. The van der Waals surface area contributed by atoms with Crippen LogP contribution < -0.4 is 5.32 Å². The molecule has 0 bridgehead atoms. The van der Waals surface area contributed by atoms with Crippen molar-refractivity contribution in [3.05, 3.63) is 35.9 Å². The van der Waals surface area contributed by atoms with E-state index < -0.39 is 0 Å². The summed E-state index contributed by atoms with van der Waals surface area (Å²) in [5, 5.41) is 3.41. The van der Waals surface area contributed by atoms with Crippen molar-refractivity contribution in [3.63, 3.8) is 0 Å². The smallest absolute Gasteiger partial charge is 0.222 e. The fourth-order valence-electron chi connectivity index (χ4n) is 4.25. The lowest BCUT2D eigenvalue weighted by molar-refractivity contribution is -0.132. The fraction of sp³-hybridized carbons (Fsp3) is 0.682. The van der Waals surface area contributed by atoms with Gasteiger partial charge in [0.15, 0.2) is 0 Å². The third-order valence-corrected chi connectivity index (χ3v) is 5.99. The Labute approximate surface area is 170 Å². The van der Waals surface area contributed by atoms with Crippen LogP contribution in [0.15, 0.2) is 30.3 Å². The molecule has 1 aromatic carbocycles. The van der Waals surface area contributed by atoms with Crippen molar-refractivity contribution in [1.82, 2.24) is 10.2 Å². The summed E-state index contributed by atoms with van der Waals surface area (Å²) in [4.78, 5) is 14.6. The van der Waals surface area contributed by atoms with Crippen LogP contribution >= 0.6 is 12.4 Å². The van der Waals surface area contributed by atoms with Crippen LogP contribution in [0.5, 0.6) is 0 Å². The van der Waals surface area contributed by atoms with E-state index in [2.05, 4.69) is 42.6 Å². The Bertz CT molecular complexity index is 549. The van der Waals surface area contributed by atoms with Gasteiger partial charge < -0.3 is 15.0 Å². The molecular weight excluding hydrogens is 360 g/mol. The van der Waals surface area contributed by atoms with Crippen molar-refractivity contribution in [2.24, 2.45) is 11.8 Å². The lowest BCUT2D eigenvalue weighted by atomic mass is 9.84. The Balaban J connectivity index is 0.00000261. The van der Waals surface area contributed by atoms with Crippen molar-refractivity contribution >= 4 is 18.3 Å². The summed E-state index contributed by atoms with van der Waals surface area (Å²) in [7, 11) is 0. The third kappa shape index (κ3) is 7.10. The predicted octanol–water partition coefficient (Wildman–Crippen LogP) is 3.68. The number of amides is 1. The highest BCUT2D eigenvalue weighted by Crippen LogP contribution is 2.26. The molecule has 2 atom stereocenters. The van der Waals surface area contributed by atoms with E-state index in [1.807, 2.05) is 4.90 Å². The van der Waals surface area contributed by atoms with Crippen molar-refractivity contribution in [3.8, 4) is 0 Å². The zero-order chi connectivity index (χ0) is 18.2. The summed E-state index contributed by atoms with van der Waals surface area (Å²) >= 11 is 0. The van der Waals surface area contributed by atoms with Crippen LogP contribution in [0, 0.1) is 11.8 Å². The third-order valence-electron chi connectivity index (χ3n) is 5.99. The van der Waals surface area contributed by atoms with Crippen LogP contribution in [0.4, 0.5) is 0 Å². The van der Waals surface area contributed by atoms with Gasteiger partial charge >= 0.3 is 0 Å². The Kier molecular flexibility index (Phi) is 9.60. The number of benzene rings is 1. The molecule has 152 valence electrons. The number of hydrogen-bond acceptors (Lipinski definition) is 3. The minimum Gasteiger partial charge on any atom is -0.376 e. The van der Waals surface area contributed by atoms with Gasteiger partial charge in [-0.3, -0.25) is 4.79 Å². The van der Waals surface area contributed by atoms with Crippen LogP contribution in [-0.4, -0.2) is 49.7 Å². The van der Waals surface area contributed by atoms with E-state index >= 15 is 0 Å². The predicted molar refractivity (Wildman–Crippen MR) is 112 cm³/mol. The van der Waals surface area contributed by atoms with Crippen molar-refractivity contribution in [2.75, 3.05) is 32.8 Å². The lowest BCUT2D eigenvalue weighted by Crippen LogP contribution is -2.35. The quantitative estimate of drug-likeness (QED) is 0.684. The van der Waals surface area contributed by atoms with Crippen molar-refractivity contribution < 1.29 is 9.53 Å². The van der Waals surface area contributed by atoms with Gasteiger partial charge in [0.2, 0.25) is 5.91 Å². The van der Waals surface area contributed by atoms with Crippen molar-refractivity contribution in [1.29, 1.82) is 0 Å². The number of rotatable bonds is 8. The minimum absolute atomic E-state index is 0. The van der Waals surface area contributed by atoms with Gasteiger partial charge in [0.25, 0.3) is 0 Å². The first-order valence-corrected chi connectivity index (χ1v) is 10.4. The Morgan fingerprint density at radius 3 is 2.70 bits per heavy atom. The monoisotopic (exact) mass is 394 g/mol. The SMILES string of the molecule is CC(CC(=O)N1CCC(OCCCc2ccccc2)C1)C1CCNCC1.Cl. The minimum atomic E-state index is 0. The zero-order valence-corrected chi connectivity index (χ0v) is 17.4. The molecule has 2 heterocycles. The van der Waals surface area contributed by atoms with Crippen LogP contribution in [0.2, 0.25) is 0 Å². The maximum atomic E-state index is 12.6. The fourth-order valence-corrected chi connectivity index (χ4v) is 4.25. The maximum absolute atomic E-state index is 12.6. The second kappa shape index (κ2) is 11.7. The van der Waals surface area contributed by atoms with E-state index in [0.717, 1.165) is 52.0 Å². The number of halogens is 1. The van der Waals surface area contributed by atoms with Crippen LogP contribution in [0.3, 0.4) is 0 Å². The van der Waals surface area contributed by atoms with Gasteiger partial charge in [-0.25, -0.2) is 0 Å². The summed E-state index contributed by atoms with van der Waals surface area (Å²) in [6.45, 7) is 6.89. The molecule has 1 amide bonds. The molecule has 4 nitrogen and oxygen atoms in total. The average Bonchev–Trinajstić information content (AvgIpc) is 3.16. The van der Waals surface area contributed by atoms with E-state index in [9.17, 15) is 4.79 Å². The molecule has 3 rings (SSSR count). The van der Waals surface area contributed by atoms with Crippen LogP contribution in [0.25, 0.3) is 0 Å². The number of carbonyl (C=O) groups is 1. The molecule has 27 heavy (non-hydrogen) atoms. The molecule has 0 aromatic heterocycles. The number of carbonyl (C=O) groups excluding carboxylic acids is 1. The molecular formula is C22H35ClN2O2. The Morgan fingerprint density at radius 2 is 1.96 bits per heavy atom. The van der Waals surface area contributed by atoms with E-state index in [1.54, 1.807) is 0 Å². The topological polar surface area (TPSA) is 41.6 Å². The normalized spacial score (nSPS) is 21.7. The average molecular weight is 395 g/mol. The summed E-state index contributed by atoms with van der Waals surface area (Å²) in [5.41, 5.74) is 1.37. The summed E-state index contributed by atoms with van der Waals surface area (Å²) in [6, 6.07) is 10.6. The largest absolute Gasteiger partial charge is 0.376 e. The van der Waals surface area contributed by atoms with Gasteiger partial charge in [-0.1, -0.05) is 37.3 Å². The number of likely N-dealkylation sites (tertiary alicyclic amines) is 1. The Morgan fingerprint density at radius 1 is 1.22 bits per heavy atom. The highest BCUT2D eigenvalue weighted by molar-refractivity contribution is 5.85. The first-order valence-electron chi connectivity index (χ1n) is 10.4. The zero-order valence-electron chi connectivity index (χ0n) is 16.6. The van der Waals surface area contributed by atoms with Gasteiger partial charge in [0, 0.05) is 26.1 Å². The second-order valence-electron chi connectivity index (χ2n) is 7.98. The van der Waals surface area contributed by atoms with Gasteiger partial charge in [0.05, 0.1) is 6.10 Å². The highest BCUT2D eigenvalue weighted by Gasteiger charge is 2.29. The number of nitrogens with zero attached hydrogens (tertiary/aromatic N) is 1. The summed E-state index contributed by atoms with van der Waals surface area (Å²) in [5.74, 6) is 1.52. The number of aryl methyl sites for hydroxylation is 1. The Hall–Kier alpha value is -1.10. The molecule has 2 aliphatic heterocycles. The first kappa shape index (κ1) is 22.2. The van der Waals surface area contributed by atoms with E-state index in [1.165, 1.54) is 18.4 Å². The highest BCUT2D eigenvalue weighted by atomic mass is 35.5.